The molecule has 0 aliphatic heterocycles. The van der Waals surface area contributed by atoms with E-state index in [1.807, 2.05) is 0 Å². The van der Waals surface area contributed by atoms with E-state index in [2.05, 4.69) is 0 Å². The van der Waals surface area contributed by atoms with Crippen LogP contribution >= 0.6 is 0 Å². The minimum absolute atomic E-state index is 0.109. The molecule has 0 saturated heterocycles. The number of phenolic OH excluding ortho intramolecular Hbond substituents is 1. The Hall–Kier alpha value is -2.43. The predicted octanol–water partition coefficient (Wildman–Crippen LogP) is 3.11. The van der Waals surface area contributed by atoms with Gasteiger partial charge in [-0.05, 0) is 12.1 Å². The summed E-state index contributed by atoms with van der Waals surface area (Å²) in [6.07, 6.45) is 0. The van der Waals surface area contributed by atoms with Gasteiger partial charge in [0, 0.05) is 23.3 Å². The molecule has 0 saturated carbocycles. The van der Waals surface area contributed by atoms with E-state index >= 15 is 0 Å². The summed E-state index contributed by atoms with van der Waals surface area (Å²) in [5.74, 6) is -0.732. The molecule has 5 heteroatoms. The fourth-order valence-electron chi connectivity index (χ4n) is 1.53. The molecule has 4 nitrogen and oxygen atoms in total. The van der Waals surface area contributed by atoms with Crippen molar-refractivity contribution >= 4 is 5.69 Å². The molecular formula is C12H8FNO3. The SMILES string of the molecule is O=[N+]([O-])c1ccc(O)c(-c2ccccc2F)c1. The van der Waals surface area contributed by atoms with Gasteiger partial charge in [0.1, 0.15) is 11.6 Å². The van der Waals surface area contributed by atoms with Gasteiger partial charge in [-0.3, -0.25) is 10.1 Å². The van der Waals surface area contributed by atoms with Gasteiger partial charge in [0.15, 0.2) is 0 Å². The Morgan fingerprint density at radius 3 is 2.47 bits per heavy atom. The third-order valence-electron chi connectivity index (χ3n) is 2.35. The largest absolute Gasteiger partial charge is 0.507 e. The Morgan fingerprint density at radius 2 is 1.82 bits per heavy atom. The Morgan fingerprint density at radius 1 is 1.12 bits per heavy atom. The molecule has 0 spiro atoms. The van der Waals surface area contributed by atoms with E-state index in [0.717, 1.165) is 6.07 Å². The molecule has 0 aliphatic rings. The molecular weight excluding hydrogens is 225 g/mol. The summed E-state index contributed by atoms with van der Waals surface area (Å²) in [7, 11) is 0. The lowest BCUT2D eigenvalue weighted by atomic mass is 10.0. The summed E-state index contributed by atoms with van der Waals surface area (Å²) in [6.45, 7) is 0. The summed E-state index contributed by atoms with van der Waals surface area (Å²) < 4.78 is 13.5. The molecule has 2 aromatic carbocycles. The number of nitro groups is 1. The standard InChI is InChI=1S/C12H8FNO3/c13-11-4-2-1-3-9(11)10-7-8(14(16)17)5-6-12(10)15/h1-7,15H. The van der Waals surface area contributed by atoms with Crippen LogP contribution < -0.4 is 0 Å². The Labute approximate surface area is 96.1 Å². The second-order valence-electron chi connectivity index (χ2n) is 3.44. The zero-order valence-electron chi connectivity index (χ0n) is 8.63. The predicted molar refractivity (Wildman–Crippen MR) is 60.2 cm³/mol. The molecule has 0 atom stereocenters. The molecule has 0 bridgehead atoms. The van der Waals surface area contributed by atoms with Crippen LogP contribution in [0.3, 0.4) is 0 Å². The van der Waals surface area contributed by atoms with Crippen molar-refractivity contribution in [3.8, 4) is 16.9 Å². The normalized spacial score (nSPS) is 10.2. The number of hydrogen-bond donors (Lipinski definition) is 1. The van der Waals surface area contributed by atoms with Crippen molar-refractivity contribution in [3.05, 3.63) is 58.4 Å². The summed E-state index contributed by atoms with van der Waals surface area (Å²) in [5.41, 5.74) is 0.0482. The first-order valence-electron chi connectivity index (χ1n) is 4.82. The van der Waals surface area contributed by atoms with Crippen LogP contribution in [0.2, 0.25) is 0 Å². The highest BCUT2D eigenvalue weighted by atomic mass is 19.1. The Kier molecular flexibility index (Phi) is 2.74. The third-order valence-corrected chi connectivity index (χ3v) is 2.35. The van der Waals surface area contributed by atoms with Crippen molar-refractivity contribution in [1.29, 1.82) is 0 Å². The summed E-state index contributed by atoms with van der Waals surface area (Å²) in [4.78, 5) is 10.0. The van der Waals surface area contributed by atoms with E-state index in [1.165, 1.54) is 30.3 Å². The van der Waals surface area contributed by atoms with Gasteiger partial charge in [-0.25, -0.2) is 4.39 Å². The number of non-ortho nitro benzene ring substituents is 1. The highest BCUT2D eigenvalue weighted by Gasteiger charge is 2.14. The quantitative estimate of drug-likeness (QED) is 0.640. The molecule has 0 fully saturated rings. The molecule has 17 heavy (non-hydrogen) atoms. The smallest absolute Gasteiger partial charge is 0.270 e. The fourth-order valence-corrected chi connectivity index (χ4v) is 1.53. The van der Waals surface area contributed by atoms with Gasteiger partial charge in [-0.2, -0.15) is 0 Å². The lowest BCUT2D eigenvalue weighted by Crippen LogP contribution is -1.90. The van der Waals surface area contributed by atoms with Crippen LogP contribution in [0, 0.1) is 15.9 Å². The molecule has 2 rings (SSSR count). The first-order valence-corrected chi connectivity index (χ1v) is 4.82. The molecule has 86 valence electrons. The fraction of sp³-hybridized carbons (Fsp3) is 0. The van der Waals surface area contributed by atoms with Gasteiger partial charge in [0.05, 0.1) is 4.92 Å². The number of aromatic hydroxyl groups is 1. The number of rotatable bonds is 2. The molecule has 2 aromatic rings. The van der Waals surface area contributed by atoms with Crippen LogP contribution in [-0.4, -0.2) is 10.0 Å². The first kappa shape index (κ1) is 11.1. The van der Waals surface area contributed by atoms with Crippen LogP contribution in [0.25, 0.3) is 11.1 Å². The van der Waals surface area contributed by atoms with Gasteiger partial charge < -0.3 is 5.11 Å². The van der Waals surface area contributed by atoms with Crippen molar-refractivity contribution in [1.82, 2.24) is 0 Å². The van der Waals surface area contributed by atoms with Crippen LogP contribution in [0.15, 0.2) is 42.5 Å². The lowest BCUT2D eigenvalue weighted by molar-refractivity contribution is -0.384. The lowest BCUT2D eigenvalue weighted by Gasteiger charge is -2.05. The van der Waals surface area contributed by atoms with Crippen molar-refractivity contribution in [3.63, 3.8) is 0 Å². The first-order chi connectivity index (χ1) is 8.09. The zero-order chi connectivity index (χ0) is 12.4. The van der Waals surface area contributed by atoms with Crippen LogP contribution in [0.5, 0.6) is 5.75 Å². The Bertz CT molecular complexity index is 584. The maximum Gasteiger partial charge on any atom is 0.270 e. The summed E-state index contributed by atoms with van der Waals surface area (Å²) in [6, 6.07) is 9.28. The van der Waals surface area contributed by atoms with Gasteiger partial charge in [0.2, 0.25) is 0 Å². The average molecular weight is 233 g/mol. The molecule has 0 amide bonds. The third kappa shape index (κ3) is 2.08. The van der Waals surface area contributed by atoms with Crippen molar-refractivity contribution in [2.75, 3.05) is 0 Å². The van der Waals surface area contributed by atoms with Crippen molar-refractivity contribution in [2.45, 2.75) is 0 Å². The molecule has 0 aliphatic carbocycles. The number of benzene rings is 2. The maximum absolute atomic E-state index is 13.5. The highest BCUT2D eigenvalue weighted by Crippen LogP contribution is 2.33. The molecule has 0 heterocycles. The monoisotopic (exact) mass is 233 g/mol. The van der Waals surface area contributed by atoms with Gasteiger partial charge >= 0.3 is 0 Å². The molecule has 1 N–H and O–H groups in total. The topological polar surface area (TPSA) is 63.4 Å². The minimum atomic E-state index is -0.593. The molecule has 0 radical (unpaired) electrons. The number of hydrogen-bond acceptors (Lipinski definition) is 3. The molecule has 0 aromatic heterocycles. The summed E-state index contributed by atoms with van der Waals surface area (Å²) in [5, 5.41) is 20.2. The van der Waals surface area contributed by atoms with Gasteiger partial charge in [-0.15, -0.1) is 0 Å². The van der Waals surface area contributed by atoms with Crippen LogP contribution in [0.1, 0.15) is 0 Å². The maximum atomic E-state index is 13.5. The van der Waals surface area contributed by atoms with Crippen LogP contribution in [-0.2, 0) is 0 Å². The average Bonchev–Trinajstić information content (AvgIpc) is 2.30. The van der Waals surface area contributed by atoms with Gasteiger partial charge in [0.25, 0.3) is 5.69 Å². The van der Waals surface area contributed by atoms with Crippen LogP contribution in [0.4, 0.5) is 10.1 Å². The van der Waals surface area contributed by atoms with E-state index in [9.17, 15) is 19.6 Å². The van der Waals surface area contributed by atoms with E-state index in [4.69, 9.17) is 0 Å². The number of nitro benzene ring substituents is 1. The number of nitrogens with zero attached hydrogens (tertiary/aromatic N) is 1. The van der Waals surface area contributed by atoms with Crippen molar-refractivity contribution in [2.24, 2.45) is 0 Å². The summed E-state index contributed by atoms with van der Waals surface area (Å²) >= 11 is 0. The van der Waals surface area contributed by atoms with Crippen molar-refractivity contribution < 1.29 is 14.4 Å². The second kappa shape index (κ2) is 4.21. The minimum Gasteiger partial charge on any atom is -0.507 e. The van der Waals surface area contributed by atoms with Gasteiger partial charge in [-0.1, -0.05) is 18.2 Å². The van der Waals surface area contributed by atoms with E-state index < -0.39 is 10.7 Å². The molecule has 0 unspecified atom stereocenters. The Balaban J connectivity index is 2.63. The number of phenols is 1. The van der Waals surface area contributed by atoms with E-state index in [-0.39, 0.29) is 22.6 Å². The van der Waals surface area contributed by atoms with E-state index in [0.29, 0.717) is 0 Å². The number of halogens is 1. The zero-order valence-corrected chi connectivity index (χ0v) is 8.63. The highest BCUT2D eigenvalue weighted by molar-refractivity contribution is 5.72. The van der Waals surface area contributed by atoms with E-state index in [1.54, 1.807) is 6.07 Å². The second-order valence-corrected chi connectivity index (χ2v) is 3.44.